The van der Waals surface area contributed by atoms with Gasteiger partial charge in [-0.15, -0.1) is 0 Å². The minimum Gasteiger partial charge on any atom is -0.461 e. The zero-order valence-corrected chi connectivity index (χ0v) is 12.0. The van der Waals surface area contributed by atoms with Crippen LogP contribution in [-0.2, 0) is 4.74 Å². The molecule has 0 aliphatic rings. The van der Waals surface area contributed by atoms with E-state index < -0.39 is 5.97 Å². The van der Waals surface area contributed by atoms with Gasteiger partial charge in [0.1, 0.15) is 5.69 Å². The van der Waals surface area contributed by atoms with Crippen molar-refractivity contribution < 1.29 is 9.53 Å². The van der Waals surface area contributed by atoms with Crippen LogP contribution in [0.2, 0.25) is 10.0 Å². The summed E-state index contributed by atoms with van der Waals surface area (Å²) in [5, 5.41) is 5.09. The van der Waals surface area contributed by atoms with E-state index in [2.05, 4.69) is 5.10 Å². The number of ether oxygens (including phenoxy) is 1. The molecule has 19 heavy (non-hydrogen) atoms. The molecule has 0 amide bonds. The van der Waals surface area contributed by atoms with E-state index in [0.717, 1.165) is 0 Å². The Kier molecular flexibility index (Phi) is 4.12. The van der Waals surface area contributed by atoms with E-state index in [1.165, 1.54) is 4.68 Å². The predicted molar refractivity (Wildman–Crippen MR) is 74.3 cm³/mol. The molecule has 1 aromatic carbocycles. The minimum absolute atomic E-state index is 0.291. The van der Waals surface area contributed by atoms with Crippen molar-refractivity contribution in [2.75, 3.05) is 6.61 Å². The van der Waals surface area contributed by atoms with Gasteiger partial charge >= 0.3 is 5.97 Å². The van der Waals surface area contributed by atoms with E-state index in [4.69, 9.17) is 27.9 Å². The molecule has 6 heteroatoms. The summed E-state index contributed by atoms with van der Waals surface area (Å²) in [6.07, 6.45) is 0. The minimum atomic E-state index is -0.459. The molecule has 0 aliphatic heterocycles. The largest absolute Gasteiger partial charge is 0.461 e. The van der Waals surface area contributed by atoms with Gasteiger partial charge < -0.3 is 4.74 Å². The van der Waals surface area contributed by atoms with Crippen LogP contribution in [0, 0.1) is 6.92 Å². The lowest BCUT2D eigenvalue weighted by atomic mass is 10.3. The molecular formula is C13H12Cl2N2O2. The summed E-state index contributed by atoms with van der Waals surface area (Å²) in [5.74, 6) is -0.459. The maximum Gasteiger partial charge on any atom is 0.357 e. The van der Waals surface area contributed by atoms with E-state index in [9.17, 15) is 4.79 Å². The molecule has 0 spiro atoms. The van der Waals surface area contributed by atoms with E-state index in [0.29, 0.717) is 33.7 Å². The van der Waals surface area contributed by atoms with Gasteiger partial charge in [0.2, 0.25) is 0 Å². The third kappa shape index (κ3) is 2.74. The molecule has 1 aromatic heterocycles. The van der Waals surface area contributed by atoms with Crippen LogP contribution in [-0.4, -0.2) is 22.4 Å². The highest BCUT2D eigenvalue weighted by Gasteiger charge is 2.19. The standard InChI is InChI=1S/C13H12Cl2N2O2/c1-3-19-13(18)11-7-8(2)16-17(11)12-9(14)5-4-6-10(12)15/h4-7H,3H2,1-2H3. The second kappa shape index (κ2) is 5.63. The first-order valence-corrected chi connectivity index (χ1v) is 6.48. The number of para-hydroxylation sites is 1. The van der Waals surface area contributed by atoms with E-state index >= 15 is 0 Å². The lowest BCUT2D eigenvalue weighted by molar-refractivity contribution is 0.0516. The molecule has 1 heterocycles. The Morgan fingerprint density at radius 2 is 2.00 bits per heavy atom. The first-order chi connectivity index (χ1) is 9.04. The first kappa shape index (κ1) is 13.9. The molecule has 0 saturated carbocycles. The van der Waals surface area contributed by atoms with Gasteiger partial charge in [-0.3, -0.25) is 0 Å². The quantitative estimate of drug-likeness (QED) is 0.812. The molecule has 2 aromatic rings. The molecule has 0 fully saturated rings. The van der Waals surface area contributed by atoms with E-state index in [1.54, 1.807) is 38.1 Å². The first-order valence-electron chi connectivity index (χ1n) is 5.72. The Hall–Kier alpha value is -1.52. The van der Waals surface area contributed by atoms with Crippen LogP contribution in [0.4, 0.5) is 0 Å². The number of carbonyl (C=O) groups excluding carboxylic acids is 1. The Morgan fingerprint density at radius 1 is 1.37 bits per heavy atom. The van der Waals surface area contributed by atoms with Crippen molar-refractivity contribution in [2.45, 2.75) is 13.8 Å². The predicted octanol–water partition coefficient (Wildman–Crippen LogP) is 3.66. The lowest BCUT2D eigenvalue weighted by Crippen LogP contribution is -2.12. The molecule has 0 radical (unpaired) electrons. The SMILES string of the molecule is CCOC(=O)c1cc(C)nn1-c1c(Cl)cccc1Cl. The van der Waals surface area contributed by atoms with Gasteiger partial charge in [0, 0.05) is 0 Å². The molecule has 2 rings (SSSR count). The fraction of sp³-hybridized carbons (Fsp3) is 0.231. The fourth-order valence-electron chi connectivity index (χ4n) is 1.71. The summed E-state index contributed by atoms with van der Waals surface area (Å²) in [4.78, 5) is 11.9. The number of aromatic nitrogens is 2. The zero-order valence-electron chi connectivity index (χ0n) is 10.5. The number of nitrogens with zero attached hydrogens (tertiary/aromatic N) is 2. The number of esters is 1. The van der Waals surface area contributed by atoms with Crippen LogP contribution >= 0.6 is 23.2 Å². The Labute approximate surface area is 120 Å². The average Bonchev–Trinajstić information content (AvgIpc) is 2.71. The number of hydrogen-bond donors (Lipinski definition) is 0. The summed E-state index contributed by atoms with van der Waals surface area (Å²) in [7, 11) is 0. The van der Waals surface area contributed by atoms with Crippen LogP contribution in [0.15, 0.2) is 24.3 Å². The molecule has 0 saturated heterocycles. The second-order valence-corrected chi connectivity index (χ2v) is 4.69. The maximum atomic E-state index is 11.9. The van der Waals surface area contributed by atoms with E-state index in [1.807, 2.05) is 0 Å². The Morgan fingerprint density at radius 3 is 2.58 bits per heavy atom. The van der Waals surface area contributed by atoms with Gasteiger partial charge in [-0.05, 0) is 32.0 Å². The van der Waals surface area contributed by atoms with Crippen LogP contribution < -0.4 is 0 Å². The number of rotatable bonds is 3. The van der Waals surface area contributed by atoms with Gasteiger partial charge in [-0.25, -0.2) is 9.48 Å². The van der Waals surface area contributed by atoms with Gasteiger partial charge in [-0.1, -0.05) is 29.3 Å². The topological polar surface area (TPSA) is 44.1 Å². The Bertz CT molecular complexity index is 603. The van der Waals surface area contributed by atoms with Gasteiger partial charge in [0.15, 0.2) is 5.69 Å². The molecule has 0 bridgehead atoms. The Balaban J connectivity index is 2.60. The summed E-state index contributed by atoms with van der Waals surface area (Å²) < 4.78 is 6.41. The van der Waals surface area contributed by atoms with Crippen LogP contribution in [0.25, 0.3) is 5.69 Å². The zero-order chi connectivity index (χ0) is 14.0. The molecule has 4 nitrogen and oxygen atoms in total. The summed E-state index contributed by atoms with van der Waals surface area (Å²) in [6, 6.07) is 6.75. The number of hydrogen-bond acceptors (Lipinski definition) is 3. The molecule has 100 valence electrons. The van der Waals surface area contributed by atoms with Gasteiger partial charge in [0.25, 0.3) is 0 Å². The van der Waals surface area contributed by atoms with Crippen molar-refractivity contribution in [1.82, 2.24) is 9.78 Å². The lowest BCUT2D eigenvalue weighted by Gasteiger charge is -2.10. The monoisotopic (exact) mass is 298 g/mol. The third-order valence-electron chi connectivity index (χ3n) is 2.47. The summed E-state index contributed by atoms with van der Waals surface area (Å²) >= 11 is 12.3. The summed E-state index contributed by atoms with van der Waals surface area (Å²) in [6.45, 7) is 3.82. The van der Waals surface area contributed by atoms with Crippen LogP contribution in [0.1, 0.15) is 23.1 Å². The molecule has 0 atom stereocenters. The number of carbonyl (C=O) groups is 1. The molecule has 0 unspecified atom stereocenters. The molecule has 0 aliphatic carbocycles. The average molecular weight is 299 g/mol. The second-order valence-electron chi connectivity index (χ2n) is 3.87. The van der Waals surface area contributed by atoms with Gasteiger partial charge in [-0.2, -0.15) is 5.10 Å². The van der Waals surface area contributed by atoms with Crippen molar-refractivity contribution in [1.29, 1.82) is 0 Å². The fourth-order valence-corrected chi connectivity index (χ4v) is 2.27. The number of benzene rings is 1. The van der Waals surface area contributed by atoms with Gasteiger partial charge in [0.05, 0.1) is 22.3 Å². The van der Waals surface area contributed by atoms with Crippen molar-refractivity contribution >= 4 is 29.2 Å². The van der Waals surface area contributed by atoms with E-state index in [-0.39, 0.29) is 0 Å². The summed E-state index contributed by atoms with van der Waals surface area (Å²) in [5.41, 5.74) is 1.45. The van der Waals surface area contributed by atoms with Crippen molar-refractivity contribution in [2.24, 2.45) is 0 Å². The normalized spacial score (nSPS) is 10.5. The number of halogens is 2. The van der Waals surface area contributed by atoms with Crippen LogP contribution in [0.3, 0.4) is 0 Å². The third-order valence-corrected chi connectivity index (χ3v) is 3.08. The maximum absolute atomic E-state index is 11.9. The smallest absolute Gasteiger partial charge is 0.357 e. The highest BCUT2D eigenvalue weighted by atomic mass is 35.5. The highest BCUT2D eigenvalue weighted by Crippen LogP contribution is 2.29. The van der Waals surface area contributed by atoms with Crippen molar-refractivity contribution in [3.05, 3.63) is 45.7 Å². The van der Waals surface area contributed by atoms with Crippen molar-refractivity contribution in [3.8, 4) is 5.69 Å². The highest BCUT2D eigenvalue weighted by molar-refractivity contribution is 6.37. The van der Waals surface area contributed by atoms with Crippen LogP contribution in [0.5, 0.6) is 0 Å². The molecular weight excluding hydrogens is 287 g/mol. The number of aryl methyl sites for hydroxylation is 1. The molecule has 0 N–H and O–H groups in total. The van der Waals surface area contributed by atoms with Crippen molar-refractivity contribution in [3.63, 3.8) is 0 Å².